The molecule has 1 nitrogen and oxygen atoms in total. The highest BCUT2D eigenvalue weighted by atomic mass is 79.9. The van der Waals surface area contributed by atoms with Crippen molar-refractivity contribution >= 4 is 31.9 Å². The van der Waals surface area contributed by atoms with E-state index in [1.807, 2.05) is 6.92 Å². The van der Waals surface area contributed by atoms with Gasteiger partial charge in [-0.1, -0.05) is 38.8 Å². The summed E-state index contributed by atoms with van der Waals surface area (Å²) in [6.45, 7) is 1.97. The van der Waals surface area contributed by atoms with Gasteiger partial charge < -0.3 is 0 Å². The number of hydrogen-bond donors (Lipinski definition) is 0. The van der Waals surface area contributed by atoms with E-state index in [-0.39, 0.29) is 4.32 Å². The lowest BCUT2D eigenvalue weighted by Crippen LogP contribution is -2.17. The summed E-state index contributed by atoms with van der Waals surface area (Å²) < 4.78 is -0.340. The Morgan fingerprint density at radius 1 is 1.75 bits per heavy atom. The monoisotopic (exact) mass is 239 g/mol. The standard InChI is InChI=1S/C5H7Br2N/c1-2-5(7,3-6)4-8/h2-3H2,1H3. The van der Waals surface area contributed by atoms with Gasteiger partial charge in [0.1, 0.15) is 4.32 Å². The first kappa shape index (κ1) is 8.45. The molecular formula is C5H7Br2N. The van der Waals surface area contributed by atoms with Crippen molar-refractivity contribution in [3.63, 3.8) is 0 Å². The van der Waals surface area contributed by atoms with Crippen molar-refractivity contribution < 1.29 is 0 Å². The zero-order chi connectivity index (χ0) is 6.62. The zero-order valence-electron chi connectivity index (χ0n) is 4.62. The van der Waals surface area contributed by atoms with Crippen LogP contribution in [0.2, 0.25) is 0 Å². The van der Waals surface area contributed by atoms with Crippen LogP contribution in [0.3, 0.4) is 0 Å². The maximum absolute atomic E-state index is 8.46. The van der Waals surface area contributed by atoms with Crippen molar-refractivity contribution in [1.82, 2.24) is 0 Å². The Morgan fingerprint density at radius 3 is 2.25 bits per heavy atom. The Balaban J connectivity index is 3.83. The maximum atomic E-state index is 8.46. The Bertz CT molecular complexity index is 101. The van der Waals surface area contributed by atoms with E-state index in [9.17, 15) is 0 Å². The molecule has 0 heterocycles. The fourth-order valence-electron chi connectivity index (χ4n) is 0.203. The third kappa shape index (κ3) is 2.15. The number of halogens is 2. The highest BCUT2D eigenvalue weighted by molar-refractivity contribution is 9.12. The quantitative estimate of drug-likeness (QED) is 0.681. The van der Waals surface area contributed by atoms with E-state index in [2.05, 4.69) is 37.9 Å². The first-order chi connectivity index (χ1) is 3.68. The molecule has 0 aromatic heterocycles. The van der Waals surface area contributed by atoms with Gasteiger partial charge in [0.05, 0.1) is 6.07 Å². The van der Waals surface area contributed by atoms with Crippen LogP contribution in [0.15, 0.2) is 0 Å². The number of nitrogens with zero attached hydrogens (tertiary/aromatic N) is 1. The molecule has 0 aliphatic rings. The maximum Gasteiger partial charge on any atom is 0.121 e. The van der Waals surface area contributed by atoms with Crippen molar-refractivity contribution in [2.45, 2.75) is 17.7 Å². The van der Waals surface area contributed by atoms with E-state index >= 15 is 0 Å². The van der Waals surface area contributed by atoms with Crippen molar-refractivity contribution in [3.8, 4) is 6.07 Å². The SMILES string of the molecule is CCC(Br)(C#N)CBr. The van der Waals surface area contributed by atoms with E-state index < -0.39 is 0 Å². The lowest BCUT2D eigenvalue weighted by molar-refractivity contribution is 0.800. The van der Waals surface area contributed by atoms with E-state index in [4.69, 9.17) is 5.26 Å². The van der Waals surface area contributed by atoms with Gasteiger partial charge in [-0.25, -0.2) is 0 Å². The molecule has 1 unspecified atom stereocenters. The van der Waals surface area contributed by atoms with Crippen molar-refractivity contribution in [2.24, 2.45) is 0 Å². The Kier molecular flexibility index (Phi) is 3.67. The molecule has 0 saturated carbocycles. The summed E-state index contributed by atoms with van der Waals surface area (Å²) in [5.74, 6) is 0. The van der Waals surface area contributed by atoms with E-state index in [0.717, 1.165) is 6.42 Å². The molecule has 0 bridgehead atoms. The van der Waals surface area contributed by atoms with Crippen LogP contribution in [0.25, 0.3) is 0 Å². The Hall–Kier alpha value is 0.450. The third-order valence-electron chi connectivity index (χ3n) is 0.973. The molecule has 3 heteroatoms. The number of nitriles is 1. The highest BCUT2D eigenvalue weighted by Crippen LogP contribution is 2.22. The molecule has 0 spiro atoms. The smallest absolute Gasteiger partial charge is 0.121 e. The van der Waals surface area contributed by atoms with Crippen LogP contribution in [0.4, 0.5) is 0 Å². The van der Waals surface area contributed by atoms with Crippen LogP contribution in [0, 0.1) is 11.3 Å². The minimum atomic E-state index is -0.340. The molecule has 0 radical (unpaired) electrons. The molecule has 0 amide bonds. The van der Waals surface area contributed by atoms with Crippen LogP contribution in [0.5, 0.6) is 0 Å². The molecule has 46 valence electrons. The molecule has 0 aliphatic carbocycles. The molecule has 1 atom stereocenters. The van der Waals surface area contributed by atoms with Gasteiger partial charge in [-0.2, -0.15) is 5.26 Å². The second kappa shape index (κ2) is 3.47. The molecule has 0 saturated heterocycles. The van der Waals surface area contributed by atoms with Crippen LogP contribution in [-0.4, -0.2) is 9.65 Å². The summed E-state index contributed by atoms with van der Waals surface area (Å²) in [6.07, 6.45) is 0.828. The predicted octanol–water partition coefficient (Wildman–Crippen LogP) is 2.45. The largest absolute Gasteiger partial charge is 0.197 e. The van der Waals surface area contributed by atoms with Gasteiger partial charge in [0.15, 0.2) is 0 Å². The van der Waals surface area contributed by atoms with Crippen molar-refractivity contribution in [3.05, 3.63) is 0 Å². The van der Waals surface area contributed by atoms with Gasteiger partial charge in [0, 0.05) is 5.33 Å². The van der Waals surface area contributed by atoms with Crippen LogP contribution >= 0.6 is 31.9 Å². The fraction of sp³-hybridized carbons (Fsp3) is 0.800. The summed E-state index contributed by atoms with van der Waals surface area (Å²) in [7, 11) is 0. The lowest BCUT2D eigenvalue weighted by Gasteiger charge is -2.10. The molecule has 0 fully saturated rings. The normalized spacial score (nSPS) is 16.8. The Labute approximate surface area is 66.3 Å². The van der Waals surface area contributed by atoms with Gasteiger partial charge in [-0.3, -0.25) is 0 Å². The molecule has 0 aromatic carbocycles. The molecular weight excluding hydrogens is 234 g/mol. The van der Waals surface area contributed by atoms with Gasteiger partial charge >= 0.3 is 0 Å². The average Bonchev–Trinajstić information content (AvgIpc) is 1.87. The first-order valence-corrected chi connectivity index (χ1v) is 4.26. The minimum Gasteiger partial charge on any atom is -0.197 e. The molecule has 0 aliphatic heterocycles. The van der Waals surface area contributed by atoms with Crippen molar-refractivity contribution in [1.29, 1.82) is 5.26 Å². The minimum absolute atomic E-state index is 0.340. The number of hydrogen-bond acceptors (Lipinski definition) is 1. The summed E-state index contributed by atoms with van der Waals surface area (Å²) in [4.78, 5) is 0. The van der Waals surface area contributed by atoms with Gasteiger partial charge in [0.25, 0.3) is 0 Å². The van der Waals surface area contributed by atoms with Crippen molar-refractivity contribution in [2.75, 3.05) is 5.33 Å². The topological polar surface area (TPSA) is 23.8 Å². The zero-order valence-corrected chi connectivity index (χ0v) is 7.79. The Morgan fingerprint density at radius 2 is 2.25 bits per heavy atom. The van der Waals surface area contributed by atoms with Gasteiger partial charge in [-0.05, 0) is 6.42 Å². The van der Waals surface area contributed by atoms with E-state index in [1.54, 1.807) is 0 Å². The predicted molar refractivity (Wildman–Crippen MR) is 41.4 cm³/mol. The lowest BCUT2D eigenvalue weighted by atomic mass is 10.1. The van der Waals surface area contributed by atoms with E-state index in [1.165, 1.54) is 0 Å². The second-order valence-corrected chi connectivity index (χ2v) is 3.64. The first-order valence-electron chi connectivity index (χ1n) is 2.34. The third-order valence-corrected chi connectivity index (χ3v) is 3.70. The molecule has 8 heavy (non-hydrogen) atoms. The fourth-order valence-corrected chi connectivity index (χ4v) is 0.725. The van der Waals surface area contributed by atoms with Gasteiger partial charge in [-0.15, -0.1) is 0 Å². The van der Waals surface area contributed by atoms with Crippen LogP contribution < -0.4 is 0 Å². The highest BCUT2D eigenvalue weighted by Gasteiger charge is 2.21. The molecule has 0 rings (SSSR count). The van der Waals surface area contributed by atoms with Gasteiger partial charge in [0.2, 0.25) is 0 Å². The molecule has 0 aromatic rings. The summed E-state index contributed by atoms with van der Waals surface area (Å²) in [5.41, 5.74) is 0. The molecule has 0 N–H and O–H groups in total. The van der Waals surface area contributed by atoms with E-state index in [0.29, 0.717) is 5.33 Å². The average molecular weight is 241 g/mol. The number of rotatable bonds is 2. The summed E-state index contributed by atoms with van der Waals surface area (Å²) >= 11 is 6.50. The second-order valence-electron chi connectivity index (χ2n) is 1.56. The van der Waals surface area contributed by atoms with Crippen LogP contribution in [-0.2, 0) is 0 Å². The number of alkyl halides is 2. The van der Waals surface area contributed by atoms with Crippen LogP contribution in [0.1, 0.15) is 13.3 Å². The summed E-state index contributed by atoms with van der Waals surface area (Å²) in [6, 6.07) is 2.15. The summed E-state index contributed by atoms with van der Waals surface area (Å²) in [5, 5.41) is 9.15.